The highest BCUT2D eigenvalue weighted by molar-refractivity contribution is 5.95. The van der Waals surface area contributed by atoms with Crippen LogP contribution in [0.1, 0.15) is 15.9 Å². The molecule has 1 heterocycles. The third-order valence-electron chi connectivity index (χ3n) is 3.62. The molecule has 6 nitrogen and oxygen atoms in total. The van der Waals surface area contributed by atoms with Gasteiger partial charge in [-0.05, 0) is 17.7 Å². The third kappa shape index (κ3) is 4.69. The minimum Gasteiger partial charge on any atom is -0.465 e. The number of ether oxygens (including phenoxy) is 3. The predicted octanol–water partition coefficient (Wildman–Crippen LogP) is 1.36. The van der Waals surface area contributed by atoms with Crippen LogP contribution in [0.4, 0.5) is 5.69 Å². The topological polar surface area (TPSA) is 60.0 Å². The molecule has 0 spiro atoms. The van der Waals surface area contributed by atoms with Gasteiger partial charge in [0.15, 0.2) is 0 Å². The highest BCUT2D eigenvalue weighted by Gasteiger charge is 2.15. The van der Waals surface area contributed by atoms with Gasteiger partial charge in [0.05, 0.1) is 32.5 Å². The lowest BCUT2D eigenvalue weighted by atomic mass is 10.1. The van der Waals surface area contributed by atoms with Crippen LogP contribution in [0.25, 0.3) is 0 Å². The molecule has 0 saturated carbocycles. The molecule has 0 aromatic heterocycles. The van der Waals surface area contributed by atoms with Gasteiger partial charge in [-0.2, -0.15) is 0 Å². The second-order valence-corrected chi connectivity index (χ2v) is 5.18. The van der Waals surface area contributed by atoms with E-state index in [4.69, 9.17) is 14.2 Å². The Labute approximate surface area is 131 Å². The molecule has 122 valence electrons. The van der Waals surface area contributed by atoms with Crippen molar-refractivity contribution in [2.24, 2.45) is 0 Å². The average Bonchev–Trinajstić information content (AvgIpc) is 2.55. The fourth-order valence-corrected chi connectivity index (χ4v) is 2.43. The molecule has 0 atom stereocenters. The summed E-state index contributed by atoms with van der Waals surface area (Å²) < 4.78 is 15.2. The summed E-state index contributed by atoms with van der Waals surface area (Å²) in [6.07, 6.45) is 0. The summed E-state index contributed by atoms with van der Waals surface area (Å²) >= 11 is 0. The van der Waals surface area contributed by atoms with Crippen molar-refractivity contribution in [3.8, 4) is 0 Å². The number of esters is 1. The summed E-state index contributed by atoms with van der Waals surface area (Å²) in [4.78, 5) is 14.2. The number of benzene rings is 1. The van der Waals surface area contributed by atoms with E-state index < -0.39 is 0 Å². The molecule has 1 saturated heterocycles. The molecule has 0 amide bonds. The number of morpholine rings is 1. The van der Waals surface area contributed by atoms with Crippen molar-refractivity contribution in [3.05, 3.63) is 29.3 Å². The average molecular weight is 308 g/mol. The first-order valence-corrected chi connectivity index (χ1v) is 7.48. The Hall–Kier alpha value is -1.63. The number of nitrogens with zero attached hydrogens (tertiary/aromatic N) is 1. The van der Waals surface area contributed by atoms with Crippen LogP contribution in [0.15, 0.2) is 18.2 Å². The summed E-state index contributed by atoms with van der Waals surface area (Å²) in [6, 6.07) is 5.80. The molecule has 2 rings (SSSR count). The normalized spacial score (nSPS) is 15.5. The van der Waals surface area contributed by atoms with E-state index in [-0.39, 0.29) is 5.97 Å². The molecule has 1 aliphatic heterocycles. The van der Waals surface area contributed by atoms with Gasteiger partial charge in [0.25, 0.3) is 0 Å². The number of carbonyl (C=O) groups excluding carboxylic acids is 1. The second-order valence-electron chi connectivity index (χ2n) is 5.18. The molecule has 0 radical (unpaired) electrons. The van der Waals surface area contributed by atoms with Gasteiger partial charge in [0.1, 0.15) is 0 Å². The molecule has 0 unspecified atom stereocenters. The zero-order chi connectivity index (χ0) is 15.8. The molecule has 1 N–H and O–H groups in total. The van der Waals surface area contributed by atoms with E-state index in [1.807, 2.05) is 18.2 Å². The van der Waals surface area contributed by atoms with Gasteiger partial charge in [-0.3, -0.25) is 4.90 Å². The molecule has 1 aliphatic rings. The lowest BCUT2D eigenvalue weighted by Crippen LogP contribution is -2.35. The SMILES string of the molecule is COCCNc1cc(CN2CCOCC2)ccc1C(=O)OC. The van der Waals surface area contributed by atoms with Crippen LogP contribution in [0.5, 0.6) is 0 Å². The number of methoxy groups -OCH3 is 2. The smallest absolute Gasteiger partial charge is 0.339 e. The standard InChI is InChI=1S/C16H24N2O4/c1-20-8-5-17-15-11-13(3-4-14(15)16(19)21-2)12-18-6-9-22-10-7-18/h3-4,11,17H,5-10,12H2,1-2H3. The molecule has 0 aliphatic carbocycles. The summed E-state index contributed by atoms with van der Waals surface area (Å²) in [7, 11) is 3.04. The summed E-state index contributed by atoms with van der Waals surface area (Å²) in [6.45, 7) is 5.49. The molecule has 1 fully saturated rings. The summed E-state index contributed by atoms with van der Waals surface area (Å²) in [5.74, 6) is -0.335. The van der Waals surface area contributed by atoms with Gasteiger partial charge in [-0.15, -0.1) is 0 Å². The first kappa shape index (κ1) is 16.7. The lowest BCUT2D eigenvalue weighted by Gasteiger charge is -2.26. The Bertz CT molecular complexity index is 487. The quantitative estimate of drug-likeness (QED) is 0.606. The molecule has 6 heteroatoms. The van der Waals surface area contributed by atoms with Crippen LogP contribution < -0.4 is 5.32 Å². The van der Waals surface area contributed by atoms with Crippen molar-refractivity contribution >= 4 is 11.7 Å². The van der Waals surface area contributed by atoms with Crippen LogP contribution in [-0.4, -0.2) is 64.5 Å². The van der Waals surface area contributed by atoms with Crippen molar-refractivity contribution < 1.29 is 19.0 Å². The fraction of sp³-hybridized carbons (Fsp3) is 0.562. The predicted molar refractivity (Wildman–Crippen MR) is 84.2 cm³/mol. The van der Waals surface area contributed by atoms with E-state index >= 15 is 0 Å². The Kier molecular flexibility index (Phi) is 6.64. The van der Waals surface area contributed by atoms with Crippen molar-refractivity contribution in [3.63, 3.8) is 0 Å². The highest BCUT2D eigenvalue weighted by atomic mass is 16.5. The molecular weight excluding hydrogens is 284 g/mol. The van der Waals surface area contributed by atoms with Gasteiger partial charge in [-0.1, -0.05) is 6.07 Å². The number of hydrogen-bond acceptors (Lipinski definition) is 6. The zero-order valence-electron chi connectivity index (χ0n) is 13.3. The Morgan fingerprint density at radius 3 is 2.77 bits per heavy atom. The van der Waals surface area contributed by atoms with Crippen LogP contribution in [0, 0.1) is 0 Å². The van der Waals surface area contributed by atoms with E-state index in [0.29, 0.717) is 18.7 Å². The third-order valence-corrected chi connectivity index (χ3v) is 3.62. The second kappa shape index (κ2) is 8.73. The van der Waals surface area contributed by atoms with Crippen molar-refractivity contribution in [2.75, 3.05) is 59.0 Å². The van der Waals surface area contributed by atoms with Gasteiger partial charge in [-0.25, -0.2) is 4.79 Å². The molecule has 1 aromatic rings. The number of anilines is 1. The minimum atomic E-state index is -0.335. The first-order valence-electron chi connectivity index (χ1n) is 7.48. The number of hydrogen-bond donors (Lipinski definition) is 1. The summed E-state index contributed by atoms with van der Waals surface area (Å²) in [5, 5.41) is 3.24. The van der Waals surface area contributed by atoms with Crippen LogP contribution in [-0.2, 0) is 20.8 Å². The van der Waals surface area contributed by atoms with Crippen molar-refractivity contribution in [2.45, 2.75) is 6.54 Å². The van der Waals surface area contributed by atoms with Gasteiger partial charge < -0.3 is 19.5 Å². The monoisotopic (exact) mass is 308 g/mol. The maximum Gasteiger partial charge on any atom is 0.339 e. The Morgan fingerprint density at radius 1 is 1.32 bits per heavy atom. The molecule has 1 aromatic carbocycles. The van der Waals surface area contributed by atoms with E-state index in [1.54, 1.807) is 7.11 Å². The molecule has 0 bridgehead atoms. The van der Waals surface area contributed by atoms with Gasteiger partial charge in [0, 0.05) is 39.0 Å². The van der Waals surface area contributed by atoms with E-state index in [0.717, 1.165) is 44.1 Å². The number of carbonyl (C=O) groups is 1. The van der Waals surface area contributed by atoms with Crippen molar-refractivity contribution in [1.29, 1.82) is 0 Å². The Morgan fingerprint density at radius 2 is 2.09 bits per heavy atom. The van der Waals surface area contributed by atoms with E-state index in [2.05, 4.69) is 10.2 Å². The van der Waals surface area contributed by atoms with Gasteiger partial charge >= 0.3 is 5.97 Å². The summed E-state index contributed by atoms with van der Waals surface area (Å²) in [5.41, 5.74) is 2.49. The maximum absolute atomic E-state index is 11.8. The van der Waals surface area contributed by atoms with E-state index in [9.17, 15) is 4.79 Å². The fourth-order valence-electron chi connectivity index (χ4n) is 2.43. The molecule has 22 heavy (non-hydrogen) atoms. The van der Waals surface area contributed by atoms with Crippen LogP contribution in [0.3, 0.4) is 0 Å². The van der Waals surface area contributed by atoms with Crippen LogP contribution in [0.2, 0.25) is 0 Å². The number of nitrogens with one attached hydrogen (secondary N) is 1. The maximum atomic E-state index is 11.8. The van der Waals surface area contributed by atoms with Crippen LogP contribution >= 0.6 is 0 Å². The van der Waals surface area contributed by atoms with Gasteiger partial charge in [0.2, 0.25) is 0 Å². The number of rotatable bonds is 7. The zero-order valence-corrected chi connectivity index (χ0v) is 13.3. The minimum absolute atomic E-state index is 0.335. The first-order chi connectivity index (χ1) is 10.7. The van der Waals surface area contributed by atoms with E-state index in [1.165, 1.54) is 7.11 Å². The lowest BCUT2D eigenvalue weighted by molar-refractivity contribution is 0.0342. The van der Waals surface area contributed by atoms with Crippen molar-refractivity contribution in [1.82, 2.24) is 4.90 Å². The highest BCUT2D eigenvalue weighted by Crippen LogP contribution is 2.20. The Balaban J connectivity index is 2.10. The molecular formula is C16H24N2O4. The largest absolute Gasteiger partial charge is 0.465 e.